The Morgan fingerprint density at radius 2 is 2.33 bits per heavy atom. The molecule has 1 fully saturated rings. The van der Waals surface area contributed by atoms with Crippen molar-refractivity contribution in [3.8, 4) is 0 Å². The molecule has 1 atom stereocenters. The zero-order chi connectivity index (χ0) is 14.8. The van der Waals surface area contributed by atoms with Crippen LogP contribution in [0.4, 0.5) is 0 Å². The average Bonchev–Trinajstić information content (AvgIpc) is 3.17. The van der Waals surface area contributed by atoms with Crippen molar-refractivity contribution in [3.63, 3.8) is 0 Å². The van der Waals surface area contributed by atoms with Crippen LogP contribution in [-0.2, 0) is 0 Å². The second-order valence-corrected chi connectivity index (χ2v) is 6.69. The molecule has 0 unspecified atom stereocenters. The Kier molecular flexibility index (Phi) is 4.10. The molecular formula is C16H21N3OS. The van der Waals surface area contributed by atoms with Crippen LogP contribution in [0.25, 0.3) is 0 Å². The summed E-state index contributed by atoms with van der Waals surface area (Å²) in [5.74, 6) is 1.68. The number of imidazole rings is 1. The Hall–Kier alpha value is -1.62. The van der Waals surface area contributed by atoms with Gasteiger partial charge in [0.1, 0.15) is 5.82 Å². The number of piperidine rings is 1. The summed E-state index contributed by atoms with van der Waals surface area (Å²) in [6, 6.07) is 2.26. The maximum Gasteiger partial charge on any atom is 0.254 e. The van der Waals surface area contributed by atoms with Crippen molar-refractivity contribution < 1.29 is 4.79 Å². The van der Waals surface area contributed by atoms with Crippen molar-refractivity contribution in [1.29, 1.82) is 0 Å². The molecule has 0 N–H and O–H groups in total. The highest BCUT2D eigenvalue weighted by Gasteiger charge is 2.27. The van der Waals surface area contributed by atoms with Gasteiger partial charge in [0.15, 0.2) is 0 Å². The first-order valence-electron chi connectivity index (χ1n) is 7.51. The van der Waals surface area contributed by atoms with Crippen LogP contribution in [0, 0.1) is 0 Å². The van der Waals surface area contributed by atoms with Crippen molar-refractivity contribution in [2.45, 2.75) is 38.6 Å². The van der Waals surface area contributed by atoms with Crippen LogP contribution < -0.4 is 0 Å². The number of carbonyl (C=O) groups excluding carboxylic acids is 1. The summed E-state index contributed by atoms with van der Waals surface area (Å²) >= 11 is 1.57. The van der Waals surface area contributed by atoms with E-state index < -0.39 is 0 Å². The third-order valence-electron chi connectivity index (χ3n) is 4.06. The number of carbonyl (C=O) groups is 1. The second-order valence-electron chi connectivity index (χ2n) is 5.91. The van der Waals surface area contributed by atoms with E-state index >= 15 is 0 Å². The number of amides is 1. The minimum absolute atomic E-state index is 0.159. The zero-order valence-electron chi connectivity index (χ0n) is 12.5. The molecular weight excluding hydrogens is 282 g/mol. The number of hydrogen-bond acceptors (Lipinski definition) is 3. The Balaban J connectivity index is 1.77. The van der Waals surface area contributed by atoms with E-state index in [0.717, 1.165) is 37.3 Å². The average molecular weight is 303 g/mol. The summed E-state index contributed by atoms with van der Waals surface area (Å²) in [5, 5.41) is 3.89. The number of aromatic nitrogens is 2. The number of rotatable bonds is 3. The number of likely N-dealkylation sites (tertiary alicyclic amines) is 1. The first kappa shape index (κ1) is 14.3. The monoisotopic (exact) mass is 303 g/mol. The summed E-state index contributed by atoms with van der Waals surface area (Å²) < 4.78 is 2.26. The SMILES string of the molecule is CC(C)c1nccn1[C@@H]1CCCN(C(=O)c2ccsc2)C1. The number of hydrogen-bond donors (Lipinski definition) is 0. The molecule has 1 saturated heterocycles. The minimum atomic E-state index is 0.159. The van der Waals surface area contributed by atoms with Gasteiger partial charge in [-0.1, -0.05) is 13.8 Å². The van der Waals surface area contributed by atoms with Gasteiger partial charge in [-0.2, -0.15) is 11.3 Å². The second kappa shape index (κ2) is 6.02. The lowest BCUT2D eigenvalue weighted by atomic mass is 10.0. The molecule has 112 valence electrons. The lowest BCUT2D eigenvalue weighted by Crippen LogP contribution is -2.40. The van der Waals surface area contributed by atoms with E-state index in [9.17, 15) is 4.79 Å². The molecule has 1 aliphatic heterocycles. The van der Waals surface area contributed by atoms with Gasteiger partial charge in [-0.15, -0.1) is 0 Å². The van der Waals surface area contributed by atoms with Gasteiger partial charge >= 0.3 is 0 Å². The van der Waals surface area contributed by atoms with E-state index in [2.05, 4.69) is 29.6 Å². The summed E-state index contributed by atoms with van der Waals surface area (Å²) in [7, 11) is 0. The first-order chi connectivity index (χ1) is 10.2. The minimum Gasteiger partial charge on any atom is -0.337 e. The fraction of sp³-hybridized carbons (Fsp3) is 0.500. The maximum atomic E-state index is 12.5. The van der Waals surface area contributed by atoms with E-state index in [1.54, 1.807) is 11.3 Å². The summed E-state index contributed by atoms with van der Waals surface area (Å²) in [6.07, 6.45) is 6.09. The van der Waals surface area contributed by atoms with Crippen LogP contribution in [0.5, 0.6) is 0 Å². The molecule has 21 heavy (non-hydrogen) atoms. The van der Waals surface area contributed by atoms with E-state index in [-0.39, 0.29) is 5.91 Å². The lowest BCUT2D eigenvalue weighted by Gasteiger charge is -2.34. The molecule has 4 nitrogen and oxygen atoms in total. The lowest BCUT2D eigenvalue weighted by molar-refractivity contribution is 0.0678. The quantitative estimate of drug-likeness (QED) is 0.869. The summed E-state index contributed by atoms with van der Waals surface area (Å²) in [6.45, 7) is 5.97. The molecule has 2 aromatic rings. The summed E-state index contributed by atoms with van der Waals surface area (Å²) in [4.78, 5) is 19.0. The van der Waals surface area contributed by atoms with E-state index in [1.807, 2.05) is 27.9 Å². The zero-order valence-corrected chi connectivity index (χ0v) is 13.3. The van der Waals surface area contributed by atoms with Gasteiger partial charge in [-0.25, -0.2) is 4.98 Å². The van der Waals surface area contributed by atoms with Gasteiger partial charge in [0.2, 0.25) is 0 Å². The smallest absolute Gasteiger partial charge is 0.254 e. The molecule has 1 aliphatic rings. The first-order valence-corrected chi connectivity index (χ1v) is 8.45. The van der Waals surface area contributed by atoms with Crippen molar-refractivity contribution in [2.75, 3.05) is 13.1 Å². The van der Waals surface area contributed by atoms with Crippen molar-refractivity contribution in [2.24, 2.45) is 0 Å². The van der Waals surface area contributed by atoms with Crippen LogP contribution in [0.1, 0.15) is 54.8 Å². The van der Waals surface area contributed by atoms with Gasteiger partial charge < -0.3 is 9.47 Å². The largest absolute Gasteiger partial charge is 0.337 e. The van der Waals surface area contributed by atoms with Gasteiger partial charge in [0, 0.05) is 36.8 Å². The molecule has 3 rings (SSSR count). The van der Waals surface area contributed by atoms with Gasteiger partial charge in [0.05, 0.1) is 11.6 Å². The highest BCUT2D eigenvalue weighted by molar-refractivity contribution is 7.08. The molecule has 0 aromatic carbocycles. The molecule has 1 amide bonds. The Bertz CT molecular complexity index is 603. The molecule has 3 heterocycles. The van der Waals surface area contributed by atoms with Crippen LogP contribution in [-0.4, -0.2) is 33.4 Å². The standard InChI is InChI=1S/C16H21N3OS/c1-12(2)15-17-6-8-19(15)14-4-3-7-18(10-14)16(20)13-5-9-21-11-13/h5-6,8-9,11-12,14H,3-4,7,10H2,1-2H3/t14-/m1/s1. The molecule has 2 aromatic heterocycles. The third-order valence-corrected chi connectivity index (χ3v) is 4.74. The molecule has 5 heteroatoms. The fourth-order valence-corrected chi connectivity index (χ4v) is 3.65. The van der Waals surface area contributed by atoms with E-state index in [0.29, 0.717) is 12.0 Å². The van der Waals surface area contributed by atoms with Gasteiger partial charge in [-0.05, 0) is 24.3 Å². The van der Waals surface area contributed by atoms with E-state index in [4.69, 9.17) is 0 Å². The van der Waals surface area contributed by atoms with Gasteiger partial charge in [0.25, 0.3) is 5.91 Å². The van der Waals surface area contributed by atoms with E-state index in [1.165, 1.54) is 0 Å². The van der Waals surface area contributed by atoms with Crippen molar-refractivity contribution >= 4 is 17.2 Å². The highest BCUT2D eigenvalue weighted by Crippen LogP contribution is 2.26. The molecule has 0 radical (unpaired) electrons. The number of nitrogens with zero attached hydrogens (tertiary/aromatic N) is 3. The molecule has 0 spiro atoms. The fourth-order valence-electron chi connectivity index (χ4n) is 3.02. The topological polar surface area (TPSA) is 38.1 Å². The Labute approximate surface area is 129 Å². The third kappa shape index (κ3) is 2.88. The highest BCUT2D eigenvalue weighted by atomic mass is 32.1. The molecule has 0 saturated carbocycles. The van der Waals surface area contributed by atoms with Crippen LogP contribution in [0.3, 0.4) is 0 Å². The predicted octanol–water partition coefficient (Wildman–Crippen LogP) is 3.55. The maximum absolute atomic E-state index is 12.5. The Morgan fingerprint density at radius 3 is 3.05 bits per heavy atom. The molecule has 0 bridgehead atoms. The van der Waals surface area contributed by atoms with Gasteiger partial charge in [-0.3, -0.25) is 4.79 Å². The van der Waals surface area contributed by atoms with Crippen molar-refractivity contribution in [3.05, 3.63) is 40.6 Å². The predicted molar refractivity (Wildman–Crippen MR) is 84.8 cm³/mol. The normalized spacial score (nSPS) is 19.2. The summed E-state index contributed by atoms with van der Waals surface area (Å²) in [5.41, 5.74) is 0.815. The van der Waals surface area contributed by atoms with Crippen LogP contribution in [0.2, 0.25) is 0 Å². The van der Waals surface area contributed by atoms with Crippen molar-refractivity contribution in [1.82, 2.24) is 14.5 Å². The Morgan fingerprint density at radius 1 is 1.48 bits per heavy atom. The van der Waals surface area contributed by atoms with Crippen LogP contribution in [0.15, 0.2) is 29.2 Å². The van der Waals surface area contributed by atoms with Crippen LogP contribution >= 0.6 is 11.3 Å². The molecule has 0 aliphatic carbocycles. The number of thiophene rings is 1.